The Labute approximate surface area is 179 Å². The molecule has 5 nitrogen and oxygen atoms in total. The van der Waals surface area contributed by atoms with Gasteiger partial charge in [0.2, 0.25) is 11.8 Å². The van der Waals surface area contributed by atoms with Gasteiger partial charge in [-0.3, -0.25) is 9.59 Å². The van der Waals surface area contributed by atoms with Crippen molar-refractivity contribution in [3.05, 3.63) is 65.2 Å². The zero-order valence-corrected chi connectivity index (χ0v) is 18.2. The minimum Gasteiger partial charge on any atom is -0.496 e. The van der Waals surface area contributed by atoms with Gasteiger partial charge in [0.1, 0.15) is 5.75 Å². The van der Waals surface area contributed by atoms with Gasteiger partial charge in [-0.1, -0.05) is 61.4 Å². The Morgan fingerprint density at radius 3 is 2.60 bits per heavy atom. The normalized spacial score (nSPS) is 18.9. The van der Waals surface area contributed by atoms with Crippen LogP contribution < -0.4 is 10.1 Å². The molecule has 0 aliphatic carbocycles. The molecule has 1 aliphatic heterocycles. The van der Waals surface area contributed by atoms with E-state index in [2.05, 4.69) is 12.2 Å². The lowest BCUT2D eigenvalue weighted by atomic mass is 9.83. The molecule has 0 spiro atoms. The van der Waals surface area contributed by atoms with E-state index in [-0.39, 0.29) is 23.8 Å². The van der Waals surface area contributed by atoms with Crippen molar-refractivity contribution in [1.29, 1.82) is 0 Å². The van der Waals surface area contributed by atoms with Gasteiger partial charge in [0.15, 0.2) is 0 Å². The predicted octanol–water partition coefficient (Wildman–Crippen LogP) is 4.40. The van der Waals surface area contributed by atoms with E-state index in [1.807, 2.05) is 60.4 Å². The topological polar surface area (TPSA) is 58.6 Å². The third kappa shape index (κ3) is 5.02. The molecule has 0 radical (unpaired) electrons. The van der Waals surface area contributed by atoms with Gasteiger partial charge in [-0.15, -0.1) is 0 Å². The van der Waals surface area contributed by atoms with Crippen molar-refractivity contribution >= 4 is 11.8 Å². The number of benzene rings is 2. The van der Waals surface area contributed by atoms with Crippen molar-refractivity contribution in [1.82, 2.24) is 10.2 Å². The van der Waals surface area contributed by atoms with Gasteiger partial charge in [-0.2, -0.15) is 0 Å². The van der Waals surface area contributed by atoms with E-state index in [9.17, 15) is 9.59 Å². The van der Waals surface area contributed by atoms with Gasteiger partial charge in [0.05, 0.1) is 19.1 Å². The van der Waals surface area contributed by atoms with E-state index >= 15 is 0 Å². The maximum Gasteiger partial charge on any atom is 0.225 e. The summed E-state index contributed by atoms with van der Waals surface area (Å²) in [5.41, 5.74) is 3.16. The number of nitrogens with zero attached hydrogens (tertiary/aromatic N) is 1. The van der Waals surface area contributed by atoms with Crippen molar-refractivity contribution < 1.29 is 14.3 Å². The van der Waals surface area contributed by atoms with Gasteiger partial charge >= 0.3 is 0 Å². The molecule has 1 saturated heterocycles. The lowest BCUT2D eigenvalue weighted by Crippen LogP contribution is -2.48. The number of likely N-dealkylation sites (tertiary alicyclic amines) is 1. The zero-order valence-electron chi connectivity index (χ0n) is 18.2. The summed E-state index contributed by atoms with van der Waals surface area (Å²) in [7, 11) is 1.63. The fourth-order valence-electron chi connectivity index (χ4n) is 4.14. The fraction of sp³-hybridized carbons (Fsp3) is 0.440. The van der Waals surface area contributed by atoms with Gasteiger partial charge in [-0.05, 0) is 31.4 Å². The van der Waals surface area contributed by atoms with E-state index < -0.39 is 0 Å². The number of methoxy groups -OCH3 is 1. The molecule has 1 aliphatic rings. The quantitative estimate of drug-likeness (QED) is 0.704. The van der Waals surface area contributed by atoms with E-state index in [1.54, 1.807) is 7.11 Å². The summed E-state index contributed by atoms with van der Waals surface area (Å²) in [5.74, 6) is 0.513. The molecular weight excluding hydrogens is 376 g/mol. The van der Waals surface area contributed by atoms with Crippen LogP contribution >= 0.6 is 0 Å². The van der Waals surface area contributed by atoms with Crippen LogP contribution in [0.4, 0.5) is 0 Å². The standard InChI is InChI=1S/C25H32N2O3/c1-4-5-16-27-23(28)15-14-21(24(27)20-8-6-7-9-22(20)30-3)25(29)26-17-19-12-10-18(2)11-13-19/h6-13,21,24H,4-5,14-17H2,1-3H3,(H,26,29)/t21-,24+/m0/s1. The number of para-hydroxylation sites is 1. The minimum absolute atomic E-state index is 0.0134. The second kappa shape index (κ2) is 10.3. The molecule has 1 heterocycles. The number of unbranched alkanes of at least 4 members (excludes halogenated alkanes) is 1. The molecule has 2 amide bonds. The van der Waals surface area contributed by atoms with Crippen LogP contribution in [0.3, 0.4) is 0 Å². The molecular formula is C25H32N2O3. The number of hydrogen-bond donors (Lipinski definition) is 1. The summed E-state index contributed by atoms with van der Waals surface area (Å²) in [4.78, 5) is 28.0. The van der Waals surface area contributed by atoms with Crippen LogP contribution in [-0.2, 0) is 16.1 Å². The SMILES string of the molecule is CCCCN1C(=O)CC[C@H](C(=O)NCc2ccc(C)cc2)[C@H]1c1ccccc1OC. The van der Waals surface area contributed by atoms with Crippen molar-refractivity contribution in [2.75, 3.05) is 13.7 Å². The maximum atomic E-state index is 13.3. The average molecular weight is 409 g/mol. The van der Waals surface area contributed by atoms with Gasteiger partial charge in [0.25, 0.3) is 0 Å². The molecule has 0 bridgehead atoms. The second-order valence-corrected chi connectivity index (χ2v) is 7.98. The average Bonchev–Trinajstić information content (AvgIpc) is 2.77. The highest BCUT2D eigenvalue weighted by Crippen LogP contribution is 2.40. The smallest absolute Gasteiger partial charge is 0.225 e. The Hall–Kier alpha value is -2.82. The number of aryl methyl sites for hydroxylation is 1. The number of carbonyl (C=O) groups excluding carboxylic acids is 2. The summed E-state index contributed by atoms with van der Waals surface area (Å²) in [5, 5.41) is 3.10. The minimum atomic E-state index is -0.313. The number of hydrogen-bond acceptors (Lipinski definition) is 3. The van der Waals surface area contributed by atoms with Crippen LogP contribution in [0.1, 0.15) is 55.3 Å². The molecule has 0 aromatic heterocycles. The summed E-state index contributed by atoms with van der Waals surface area (Å²) < 4.78 is 5.59. The number of nitrogens with one attached hydrogen (secondary N) is 1. The third-order valence-electron chi connectivity index (χ3n) is 5.84. The van der Waals surface area contributed by atoms with Crippen LogP contribution in [0.2, 0.25) is 0 Å². The van der Waals surface area contributed by atoms with Crippen LogP contribution in [0.25, 0.3) is 0 Å². The summed E-state index contributed by atoms with van der Waals surface area (Å²) >= 11 is 0. The third-order valence-corrected chi connectivity index (χ3v) is 5.84. The highest BCUT2D eigenvalue weighted by Gasteiger charge is 2.41. The van der Waals surface area contributed by atoms with E-state index in [1.165, 1.54) is 5.56 Å². The van der Waals surface area contributed by atoms with E-state index in [4.69, 9.17) is 4.74 Å². The Balaban J connectivity index is 1.86. The number of ether oxygens (including phenoxy) is 1. The molecule has 5 heteroatoms. The van der Waals surface area contributed by atoms with Gasteiger partial charge in [-0.25, -0.2) is 0 Å². The van der Waals surface area contributed by atoms with Crippen molar-refractivity contribution in [3.8, 4) is 5.75 Å². The fourth-order valence-corrected chi connectivity index (χ4v) is 4.14. The molecule has 1 N–H and O–H groups in total. The van der Waals surface area contributed by atoms with Crippen molar-refractivity contribution in [3.63, 3.8) is 0 Å². The molecule has 30 heavy (non-hydrogen) atoms. The van der Waals surface area contributed by atoms with E-state index in [0.29, 0.717) is 25.9 Å². The Bertz CT molecular complexity index is 863. The molecule has 160 valence electrons. The highest BCUT2D eigenvalue weighted by atomic mass is 16.5. The van der Waals surface area contributed by atoms with Crippen molar-refractivity contribution in [2.45, 2.75) is 52.1 Å². The number of carbonyl (C=O) groups is 2. The molecule has 2 aromatic rings. The Morgan fingerprint density at radius 1 is 1.17 bits per heavy atom. The number of amides is 2. The second-order valence-electron chi connectivity index (χ2n) is 7.98. The first-order chi connectivity index (χ1) is 14.5. The van der Waals surface area contributed by atoms with Crippen molar-refractivity contribution in [2.24, 2.45) is 5.92 Å². The summed E-state index contributed by atoms with van der Waals surface area (Å²) in [6, 6.07) is 15.6. The molecule has 0 saturated carbocycles. The molecule has 3 rings (SSSR count). The predicted molar refractivity (Wildman–Crippen MR) is 118 cm³/mol. The van der Waals surface area contributed by atoms with Crippen LogP contribution in [0.5, 0.6) is 5.75 Å². The lowest BCUT2D eigenvalue weighted by molar-refractivity contribution is -0.143. The maximum absolute atomic E-state index is 13.3. The molecule has 2 atom stereocenters. The zero-order chi connectivity index (χ0) is 21.5. The van der Waals surface area contributed by atoms with Crippen LogP contribution in [0, 0.1) is 12.8 Å². The highest BCUT2D eigenvalue weighted by molar-refractivity contribution is 5.85. The monoisotopic (exact) mass is 408 g/mol. The first kappa shape index (κ1) is 21.9. The molecule has 2 aromatic carbocycles. The largest absolute Gasteiger partial charge is 0.496 e. The number of rotatable bonds is 8. The van der Waals surface area contributed by atoms with Gasteiger partial charge < -0.3 is 15.0 Å². The van der Waals surface area contributed by atoms with Crippen LogP contribution in [0.15, 0.2) is 48.5 Å². The first-order valence-corrected chi connectivity index (χ1v) is 10.8. The number of piperidine rings is 1. The summed E-state index contributed by atoms with van der Waals surface area (Å²) in [6.07, 6.45) is 2.85. The molecule has 1 fully saturated rings. The Morgan fingerprint density at radius 2 is 1.90 bits per heavy atom. The first-order valence-electron chi connectivity index (χ1n) is 10.8. The van der Waals surface area contributed by atoms with Gasteiger partial charge in [0, 0.05) is 25.1 Å². The lowest BCUT2D eigenvalue weighted by Gasteiger charge is -2.41. The van der Waals surface area contributed by atoms with E-state index in [0.717, 1.165) is 29.7 Å². The van der Waals surface area contributed by atoms with Crippen LogP contribution in [-0.4, -0.2) is 30.4 Å². The molecule has 0 unspecified atom stereocenters. The Kier molecular flexibility index (Phi) is 7.50. The summed E-state index contributed by atoms with van der Waals surface area (Å²) in [6.45, 7) is 5.29.